The van der Waals surface area contributed by atoms with E-state index in [1.807, 2.05) is 120 Å². The Kier molecular flexibility index (Phi) is 9.31. The van der Waals surface area contributed by atoms with E-state index < -0.39 is 0 Å². The van der Waals surface area contributed by atoms with Crippen LogP contribution in [0.15, 0.2) is 133 Å². The number of H-pyrrole nitrogens is 2. The standard InChI is InChI=1S/C25H22N2O2.C20H14N4/c1-28-23-14-9-19(10-15-23)8-13-21-18-25(20-11-16-24(29-2)17-12-20)27(26-21)22-6-4-3-5-7-22;1-2-14-10-16-5-6-18(23-16)12-20-8-7-19(24-20)11-17-4-3-15(22-17)9-13(1)21-14/h3-18H,1-2H3;1-12,21-22H. The van der Waals surface area contributed by atoms with Crippen molar-refractivity contribution in [1.29, 1.82) is 0 Å². The Morgan fingerprint density at radius 2 is 1.02 bits per heavy atom. The molecule has 53 heavy (non-hydrogen) atoms. The molecule has 0 unspecified atom stereocenters. The molecule has 0 fully saturated rings. The molecule has 2 aliphatic rings. The number of nitrogens with one attached hydrogen (secondary N) is 2. The molecule has 4 aromatic heterocycles. The first-order chi connectivity index (χ1) is 26.1. The van der Waals surface area contributed by atoms with Gasteiger partial charge in [0.1, 0.15) is 11.5 Å². The van der Waals surface area contributed by atoms with E-state index in [1.165, 1.54) is 0 Å². The Balaban J connectivity index is 0.000000153. The van der Waals surface area contributed by atoms with E-state index in [4.69, 9.17) is 14.6 Å². The third-order valence-corrected chi connectivity index (χ3v) is 8.72. The molecule has 0 amide bonds. The summed E-state index contributed by atoms with van der Waals surface area (Å²) < 4.78 is 12.5. The summed E-state index contributed by atoms with van der Waals surface area (Å²) in [5.74, 6) is 1.68. The number of aromatic nitrogens is 6. The van der Waals surface area contributed by atoms with Crippen LogP contribution >= 0.6 is 0 Å². The van der Waals surface area contributed by atoms with Gasteiger partial charge in [-0.1, -0.05) is 36.4 Å². The number of rotatable bonds is 6. The maximum atomic E-state index is 5.29. The van der Waals surface area contributed by atoms with Gasteiger partial charge in [-0.05, 0) is 139 Å². The molecule has 8 nitrogen and oxygen atoms in total. The van der Waals surface area contributed by atoms with Crippen LogP contribution in [0.4, 0.5) is 0 Å². The minimum Gasteiger partial charge on any atom is -0.497 e. The van der Waals surface area contributed by atoms with E-state index in [0.29, 0.717) is 0 Å². The fraction of sp³-hybridized carbons (Fsp3) is 0.0444. The summed E-state index contributed by atoms with van der Waals surface area (Å²) in [4.78, 5) is 16.0. The number of hydrogen-bond acceptors (Lipinski definition) is 5. The van der Waals surface area contributed by atoms with Crippen molar-refractivity contribution >= 4 is 58.5 Å². The normalized spacial score (nSPS) is 11.7. The molecule has 0 saturated heterocycles. The number of nitrogens with zero attached hydrogens (tertiary/aromatic N) is 4. The molecular weight excluding hydrogens is 657 g/mol. The monoisotopic (exact) mass is 692 g/mol. The molecule has 6 heterocycles. The zero-order chi connectivity index (χ0) is 36.0. The van der Waals surface area contributed by atoms with Gasteiger partial charge in [0.05, 0.1) is 54.1 Å². The average Bonchev–Trinajstić information content (AvgIpc) is 4.06. The van der Waals surface area contributed by atoms with Gasteiger partial charge in [0.2, 0.25) is 0 Å². The van der Waals surface area contributed by atoms with Crippen LogP contribution in [0.2, 0.25) is 0 Å². The van der Waals surface area contributed by atoms with Crippen molar-refractivity contribution in [2.45, 2.75) is 0 Å². The van der Waals surface area contributed by atoms with Crippen LogP contribution in [-0.4, -0.2) is 43.9 Å². The molecule has 2 N–H and O–H groups in total. The summed E-state index contributed by atoms with van der Waals surface area (Å²) in [6.45, 7) is 0. The molecule has 0 atom stereocenters. The van der Waals surface area contributed by atoms with E-state index in [-0.39, 0.29) is 0 Å². The molecule has 3 aromatic carbocycles. The fourth-order valence-electron chi connectivity index (χ4n) is 6.05. The minimum atomic E-state index is 0.833. The van der Waals surface area contributed by atoms with Gasteiger partial charge < -0.3 is 19.4 Å². The number of hydrogen-bond donors (Lipinski definition) is 2. The van der Waals surface area contributed by atoms with E-state index in [1.54, 1.807) is 14.2 Å². The summed E-state index contributed by atoms with van der Waals surface area (Å²) in [6.07, 6.45) is 12.1. The highest BCUT2D eigenvalue weighted by Gasteiger charge is 2.11. The number of benzene rings is 3. The highest BCUT2D eigenvalue weighted by atomic mass is 16.5. The fourth-order valence-corrected chi connectivity index (χ4v) is 6.05. The maximum Gasteiger partial charge on any atom is 0.118 e. The van der Waals surface area contributed by atoms with Crippen LogP contribution in [0.5, 0.6) is 11.5 Å². The van der Waals surface area contributed by atoms with Crippen LogP contribution in [0, 0.1) is 0 Å². The zero-order valence-electron chi connectivity index (χ0n) is 29.3. The largest absolute Gasteiger partial charge is 0.497 e. The lowest BCUT2D eigenvalue weighted by Crippen LogP contribution is -1.98. The summed E-state index contributed by atoms with van der Waals surface area (Å²) in [5.41, 5.74) is 12.9. The maximum absolute atomic E-state index is 5.29. The number of para-hydroxylation sites is 1. The third kappa shape index (κ3) is 7.92. The lowest BCUT2D eigenvalue weighted by molar-refractivity contribution is 0.414. The highest BCUT2D eigenvalue weighted by Crippen LogP contribution is 2.27. The SMILES string of the molecule is C1=Cc2cc3ccc(cc4ccc(cc5nc(cc1n2)C=C5)[nH]4)[nH]3.COc1ccc(C=Cc2cc(-c3ccc(OC)cc3)n(-c3ccccc3)n2)cc1. The van der Waals surface area contributed by atoms with Crippen LogP contribution in [0.3, 0.4) is 0 Å². The summed E-state index contributed by atoms with van der Waals surface area (Å²) >= 11 is 0. The summed E-state index contributed by atoms with van der Waals surface area (Å²) in [5, 5.41) is 4.82. The first kappa shape index (κ1) is 33.0. The predicted molar refractivity (Wildman–Crippen MR) is 216 cm³/mol. The molecule has 8 heteroatoms. The Morgan fingerprint density at radius 1 is 0.509 bits per heavy atom. The van der Waals surface area contributed by atoms with Crippen LogP contribution < -0.4 is 9.47 Å². The van der Waals surface area contributed by atoms with Crippen LogP contribution in [0.25, 0.3) is 75.5 Å². The predicted octanol–water partition coefficient (Wildman–Crippen LogP) is 10.4. The van der Waals surface area contributed by atoms with Gasteiger partial charge in [-0.25, -0.2) is 14.6 Å². The second kappa shape index (κ2) is 15.0. The number of methoxy groups -OCH3 is 2. The van der Waals surface area contributed by atoms with Crippen molar-refractivity contribution in [1.82, 2.24) is 29.7 Å². The lowest BCUT2D eigenvalue weighted by Gasteiger charge is -2.08. The summed E-state index contributed by atoms with van der Waals surface area (Å²) in [6, 6.07) is 44.6. The molecule has 8 bridgehead atoms. The van der Waals surface area contributed by atoms with Crippen molar-refractivity contribution in [3.05, 3.63) is 167 Å². The zero-order valence-corrected chi connectivity index (χ0v) is 29.3. The van der Waals surface area contributed by atoms with E-state index >= 15 is 0 Å². The van der Waals surface area contributed by atoms with Crippen molar-refractivity contribution in [3.63, 3.8) is 0 Å². The van der Waals surface area contributed by atoms with Crippen molar-refractivity contribution < 1.29 is 9.47 Å². The third-order valence-electron chi connectivity index (χ3n) is 8.72. The Morgan fingerprint density at radius 3 is 1.57 bits per heavy atom. The van der Waals surface area contributed by atoms with Crippen LogP contribution in [0.1, 0.15) is 34.0 Å². The topological polar surface area (TPSA) is 93.6 Å². The molecule has 2 aliphatic heterocycles. The smallest absolute Gasteiger partial charge is 0.118 e. The molecular formula is C45H36N6O2. The van der Waals surface area contributed by atoms with Crippen LogP contribution in [-0.2, 0) is 0 Å². The molecule has 0 saturated carbocycles. The lowest BCUT2D eigenvalue weighted by atomic mass is 10.1. The first-order valence-electron chi connectivity index (χ1n) is 17.2. The molecule has 9 rings (SSSR count). The second-order valence-electron chi connectivity index (χ2n) is 12.4. The first-order valence-corrected chi connectivity index (χ1v) is 17.2. The second-order valence-corrected chi connectivity index (χ2v) is 12.4. The quantitative estimate of drug-likeness (QED) is 0.181. The van der Waals surface area contributed by atoms with Gasteiger partial charge >= 0.3 is 0 Å². The van der Waals surface area contributed by atoms with Crippen molar-refractivity contribution in [2.75, 3.05) is 14.2 Å². The van der Waals surface area contributed by atoms with E-state index in [2.05, 4.69) is 74.5 Å². The molecule has 0 spiro atoms. The number of aromatic amines is 2. The van der Waals surface area contributed by atoms with Gasteiger partial charge in [0.25, 0.3) is 0 Å². The molecule has 0 radical (unpaired) electrons. The van der Waals surface area contributed by atoms with Crippen molar-refractivity contribution in [2.24, 2.45) is 0 Å². The minimum absolute atomic E-state index is 0.833. The highest BCUT2D eigenvalue weighted by molar-refractivity contribution is 5.78. The van der Waals surface area contributed by atoms with Crippen molar-refractivity contribution in [3.8, 4) is 28.4 Å². The van der Waals surface area contributed by atoms with Gasteiger partial charge in [-0.3, -0.25) is 0 Å². The number of fused-ring (bicyclic) bond motifs is 8. The van der Waals surface area contributed by atoms with E-state index in [9.17, 15) is 0 Å². The Labute approximate surface area is 307 Å². The van der Waals surface area contributed by atoms with Gasteiger partial charge in [0.15, 0.2) is 0 Å². The molecule has 258 valence electrons. The van der Waals surface area contributed by atoms with Gasteiger partial charge in [0, 0.05) is 27.6 Å². The Hall–Kier alpha value is -7.19. The summed E-state index contributed by atoms with van der Waals surface area (Å²) in [7, 11) is 3.34. The van der Waals surface area contributed by atoms with Gasteiger partial charge in [-0.2, -0.15) is 5.10 Å². The van der Waals surface area contributed by atoms with E-state index in [0.717, 1.165) is 84.5 Å². The Bertz CT molecular complexity index is 2540. The number of ether oxygens (including phenoxy) is 2. The van der Waals surface area contributed by atoms with Gasteiger partial charge in [-0.15, -0.1) is 0 Å². The average molecular weight is 693 g/mol. The molecule has 7 aromatic rings. The molecule has 0 aliphatic carbocycles.